The summed E-state index contributed by atoms with van der Waals surface area (Å²) in [6, 6.07) is 13.0. The number of nitrogens with zero attached hydrogens (tertiary/aromatic N) is 1. The molecule has 2 aromatic rings. The molecule has 0 spiro atoms. The van der Waals surface area contributed by atoms with Crippen LogP contribution < -0.4 is 27.0 Å². The summed E-state index contributed by atoms with van der Waals surface area (Å²) < 4.78 is 0. The van der Waals surface area contributed by atoms with Crippen molar-refractivity contribution < 1.29 is 28.8 Å². The molecule has 0 radical (unpaired) electrons. The van der Waals surface area contributed by atoms with Gasteiger partial charge in [-0.05, 0) is 74.1 Å². The highest BCUT2D eigenvalue weighted by Crippen LogP contribution is 2.21. The molecule has 12 heteroatoms. The number of hydrogen-bond donors (Lipinski definition) is 5. The zero-order valence-electron chi connectivity index (χ0n) is 34.6. The predicted octanol–water partition coefficient (Wildman–Crippen LogP) is 4.39. The molecule has 0 aromatic heterocycles. The Morgan fingerprint density at radius 1 is 0.655 bits per heavy atom. The zero-order valence-corrected chi connectivity index (χ0v) is 34.6. The van der Waals surface area contributed by atoms with Gasteiger partial charge in [0.05, 0.1) is 6.04 Å². The van der Waals surface area contributed by atoms with Crippen LogP contribution >= 0.6 is 0 Å². The number of likely N-dealkylation sites (N-methyl/N-ethyl adjacent to an activating group) is 1. The van der Waals surface area contributed by atoms with E-state index in [1.807, 2.05) is 103 Å². The summed E-state index contributed by atoms with van der Waals surface area (Å²) in [5.41, 5.74) is 8.55. The number of rotatable bonds is 22. The number of amides is 5. The maximum absolute atomic E-state index is 14.1. The first-order valence-electron chi connectivity index (χ1n) is 19.7. The summed E-state index contributed by atoms with van der Waals surface area (Å²) in [5, 5.41) is 11.4. The molecule has 0 aliphatic rings. The molecule has 5 amide bonds. The molecular weight excluding hydrogens is 697 g/mol. The van der Waals surface area contributed by atoms with Crippen LogP contribution in [-0.4, -0.2) is 84.0 Å². The van der Waals surface area contributed by atoms with E-state index in [9.17, 15) is 28.8 Å². The second-order valence-corrected chi connectivity index (χ2v) is 15.8. The number of Topliss-reactive ketones (excluding diaryl/α,β-unsaturated/α-hetero) is 1. The minimum absolute atomic E-state index is 0.0320. The SMILES string of the molecule is CC[C@H](C)[C@H](NC(=O)C(Cc1ccc(-c2ccccc2)cc1)NC(=O)C(C)CC(C)C)C(=O)N(C)[C@@H](C)C(=O)N[C@H](CC(C)C)C(=O)N[C@@H](CCN)C(C)=O. The van der Waals surface area contributed by atoms with E-state index >= 15 is 0 Å². The number of nitrogens with one attached hydrogen (secondary N) is 4. The molecule has 2 aromatic carbocycles. The average molecular weight is 763 g/mol. The number of carbonyl (C=O) groups is 6. The molecule has 0 aliphatic heterocycles. The normalized spacial score (nSPS) is 15.1. The van der Waals surface area contributed by atoms with Crippen molar-refractivity contribution in [2.24, 2.45) is 29.4 Å². The van der Waals surface area contributed by atoms with Crippen molar-refractivity contribution in [2.45, 2.75) is 125 Å². The average Bonchev–Trinajstić information content (AvgIpc) is 3.14. The van der Waals surface area contributed by atoms with Gasteiger partial charge in [-0.3, -0.25) is 28.8 Å². The van der Waals surface area contributed by atoms with Crippen molar-refractivity contribution in [2.75, 3.05) is 13.6 Å². The van der Waals surface area contributed by atoms with Crippen molar-refractivity contribution >= 4 is 35.3 Å². The van der Waals surface area contributed by atoms with Crippen LogP contribution in [0, 0.1) is 23.7 Å². The van der Waals surface area contributed by atoms with Gasteiger partial charge in [0.1, 0.15) is 24.2 Å². The molecule has 2 rings (SSSR count). The summed E-state index contributed by atoms with van der Waals surface area (Å²) in [6.07, 6.45) is 1.97. The van der Waals surface area contributed by atoms with E-state index in [4.69, 9.17) is 5.73 Å². The van der Waals surface area contributed by atoms with Crippen molar-refractivity contribution in [1.82, 2.24) is 26.2 Å². The first-order chi connectivity index (χ1) is 25.9. The third-order valence-corrected chi connectivity index (χ3v) is 10.1. The van der Waals surface area contributed by atoms with Crippen LogP contribution in [0.4, 0.5) is 0 Å². The zero-order chi connectivity index (χ0) is 41.4. The third-order valence-electron chi connectivity index (χ3n) is 10.1. The minimum atomic E-state index is -1.01. The Kier molecular flexibility index (Phi) is 19.2. The van der Waals surface area contributed by atoms with Crippen LogP contribution in [0.1, 0.15) is 93.6 Å². The van der Waals surface area contributed by atoms with E-state index in [0.29, 0.717) is 19.3 Å². The Bertz CT molecular complexity index is 1560. The van der Waals surface area contributed by atoms with E-state index in [1.54, 1.807) is 6.92 Å². The fourth-order valence-electron chi connectivity index (χ4n) is 6.37. The Balaban J connectivity index is 2.32. The molecule has 0 saturated heterocycles. The van der Waals surface area contributed by atoms with Crippen molar-refractivity contribution in [1.29, 1.82) is 0 Å². The van der Waals surface area contributed by atoms with Crippen LogP contribution in [0.15, 0.2) is 54.6 Å². The van der Waals surface area contributed by atoms with Gasteiger partial charge in [-0.15, -0.1) is 0 Å². The van der Waals surface area contributed by atoms with E-state index in [0.717, 1.165) is 16.7 Å². The Labute approximate surface area is 328 Å². The lowest BCUT2D eigenvalue weighted by Crippen LogP contribution is -2.60. The second-order valence-electron chi connectivity index (χ2n) is 15.8. The lowest BCUT2D eigenvalue weighted by molar-refractivity contribution is -0.143. The smallest absolute Gasteiger partial charge is 0.245 e. The van der Waals surface area contributed by atoms with Gasteiger partial charge in [-0.1, -0.05) is 109 Å². The van der Waals surface area contributed by atoms with Crippen molar-refractivity contribution in [3.05, 3.63) is 60.2 Å². The highest BCUT2D eigenvalue weighted by molar-refractivity contribution is 5.96. The first kappa shape index (κ1) is 46.6. The molecule has 6 N–H and O–H groups in total. The van der Waals surface area contributed by atoms with Crippen molar-refractivity contribution in [3.8, 4) is 11.1 Å². The quantitative estimate of drug-likeness (QED) is 0.118. The summed E-state index contributed by atoms with van der Waals surface area (Å²) in [6.45, 7) is 16.6. The summed E-state index contributed by atoms with van der Waals surface area (Å²) in [4.78, 5) is 81.9. The summed E-state index contributed by atoms with van der Waals surface area (Å²) >= 11 is 0. The van der Waals surface area contributed by atoms with Gasteiger partial charge in [-0.25, -0.2) is 0 Å². The molecular formula is C43H66N6O6. The van der Waals surface area contributed by atoms with Crippen molar-refractivity contribution in [3.63, 3.8) is 0 Å². The maximum atomic E-state index is 14.1. The molecule has 0 bridgehead atoms. The van der Waals surface area contributed by atoms with E-state index in [-0.39, 0.29) is 54.7 Å². The fourth-order valence-corrected chi connectivity index (χ4v) is 6.37. The number of nitrogens with two attached hydrogens (primary N) is 1. The van der Waals surface area contributed by atoms with Crippen LogP contribution in [-0.2, 0) is 35.2 Å². The predicted molar refractivity (Wildman–Crippen MR) is 217 cm³/mol. The first-order valence-corrected chi connectivity index (χ1v) is 19.7. The molecule has 304 valence electrons. The van der Waals surface area contributed by atoms with Crippen LogP contribution in [0.25, 0.3) is 11.1 Å². The van der Waals surface area contributed by atoms with Crippen LogP contribution in [0.5, 0.6) is 0 Å². The van der Waals surface area contributed by atoms with Gasteiger partial charge < -0.3 is 31.9 Å². The van der Waals surface area contributed by atoms with Gasteiger partial charge in [0.25, 0.3) is 0 Å². The van der Waals surface area contributed by atoms with Gasteiger partial charge >= 0.3 is 0 Å². The second kappa shape index (κ2) is 22.7. The molecule has 0 heterocycles. The molecule has 0 fully saturated rings. The van der Waals surface area contributed by atoms with Crippen LogP contribution in [0.2, 0.25) is 0 Å². The minimum Gasteiger partial charge on any atom is -0.344 e. The highest BCUT2D eigenvalue weighted by atomic mass is 16.2. The molecule has 55 heavy (non-hydrogen) atoms. The molecule has 0 aliphatic carbocycles. The topological polar surface area (TPSA) is 180 Å². The third kappa shape index (κ3) is 14.9. The van der Waals surface area contributed by atoms with E-state index in [1.165, 1.54) is 18.9 Å². The fraction of sp³-hybridized carbons (Fsp3) is 0.581. The largest absolute Gasteiger partial charge is 0.344 e. The number of ketones is 1. The lowest BCUT2D eigenvalue weighted by atomic mass is 9.95. The monoisotopic (exact) mass is 763 g/mol. The Morgan fingerprint density at radius 2 is 1.18 bits per heavy atom. The standard InChI is InChI=1S/C43H66N6O6/c1-11-28(6)38(43(55)49(10)30(8)40(52)47-36(24-27(4)5)41(53)45-35(21-22-44)31(9)50)48-42(54)37(46-39(51)29(7)23-26(2)3)25-32-17-19-34(20-18-32)33-15-13-12-14-16-33/h12-20,26-30,35-38H,11,21-25,44H2,1-10H3,(H,45,53)(H,46,51)(H,47,52)(H,48,54)/t28-,29?,30-,35-,36+,37?,38-/m0/s1. The molecule has 12 nitrogen and oxygen atoms in total. The molecule has 2 unspecified atom stereocenters. The van der Waals surface area contributed by atoms with E-state index < -0.39 is 53.8 Å². The highest BCUT2D eigenvalue weighted by Gasteiger charge is 2.36. The van der Waals surface area contributed by atoms with Gasteiger partial charge in [-0.2, -0.15) is 0 Å². The number of carbonyl (C=O) groups excluding carboxylic acids is 6. The van der Waals surface area contributed by atoms with Gasteiger partial charge in [0, 0.05) is 19.4 Å². The number of benzene rings is 2. The number of hydrogen-bond acceptors (Lipinski definition) is 7. The lowest BCUT2D eigenvalue weighted by Gasteiger charge is -2.33. The van der Waals surface area contributed by atoms with Gasteiger partial charge in [0.15, 0.2) is 5.78 Å². The molecule has 0 saturated carbocycles. The summed E-state index contributed by atoms with van der Waals surface area (Å²) in [5.74, 6) is -2.88. The van der Waals surface area contributed by atoms with Crippen LogP contribution in [0.3, 0.4) is 0 Å². The Morgan fingerprint density at radius 3 is 1.71 bits per heavy atom. The summed E-state index contributed by atoms with van der Waals surface area (Å²) in [7, 11) is 1.49. The maximum Gasteiger partial charge on any atom is 0.245 e. The van der Waals surface area contributed by atoms with Gasteiger partial charge in [0.2, 0.25) is 29.5 Å². The Hall–Kier alpha value is -4.58. The molecule has 7 atom stereocenters. The van der Waals surface area contributed by atoms with E-state index in [2.05, 4.69) is 21.3 Å².